The third kappa shape index (κ3) is 3.93. The molecule has 1 saturated carbocycles. The molecule has 0 aromatic carbocycles. The summed E-state index contributed by atoms with van der Waals surface area (Å²) in [6.45, 7) is 4.56. The molecule has 2 fully saturated rings. The lowest BCUT2D eigenvalue weighted by atomic mass is 9.92. The molecule has 1 saturated heterocycles. The Morgan fingerprint density at radius 1 is 1.30 bits per heavy atom. The Bertz CT molecular complexity index is 444. The van der Waals surface area contributed by atoms with Gasteiger partial charge < -0.3 is 10.6 Å². The molecule has 1 heterocycles. The quantitative estimate of drug-likeness (QED) is 0.570. The zero-order valence-electron chi connectivity index (χ0n) is 12.1. The lowest BCUT2D eigenvalue weighted by molar-refractivity contribution is -0.123. The highest BCUT2D eigenvalue weighted by atomic mass is 32.2. The standard InChI is InChI=1S/C13H25N3O3S/c1-2-20(18,19)16-7-3-6-15-12(17)11-10-13(11)4-8-14-9-5-13/h11,14,16H,2-10H2,1H3,(H,15,17). The number of carbonyl (C=O) groups excluding carboxylic acids is 1. The molecule has 1 aliphatic carbocycles. The van der Waals surface area contributed by atoms with Crippen molar-refractivity contribution in [3.05, 3.63) is 0 Å². The Balaban J connectivity index is 1.60. The van der Waals surface area contributed by atoms with E-state index in [9.17, 15) is 13.2 Å². The SMILES string of the molecule is CCS(=O)(=O)NCCCNC(=O)C1CC12CCNCC2. The van der Waals surface area contributed by atoms with Crippen molar-refractivity contribution in [1.29, 1.82) is 0 Å². The first-order valence-corrected chi connectivity index (χ1v) is 9.10. The molecular formula is C13H25N3O3S. The summed E-state index contributed by atoms with van der Waals surface area (Å²) in [7, 11) is -3.12. The average molecular weight is 303 g/mol. The molecular weight excluding hydrogens is 278 g/mol. The summed E-state index contributed by atoms with van der Waals surface area (Å²) in [6.07, 6.45) is 3.85. The summed E-state index contributed by atoms with van der Waals surface area (Å²) in [4.78, 5) is 12.0. The molecule has 6 nitrogen and oxygen atoms in total. The van der Waals surface area contributed by atoms with E-state index in [1.165, 1.54) is 0 Å². The number of nitrogens with one attached hydrogen (secondary N) is 3. The first-order chi connectivity index (χ1) is 9.49. The Labute approximate surface area is 121 Å². The van der Waals surface area contributed by atoms with Gasteiger partial charge in [-0.25, -0.2) is 13.1 Å². The molecule has 7 heteroatoms. The highest BCUT2D eigenvalue weighted by Crippen LogP contribution is 2.58. The van der Waals surface area contributed by atoms with E-state index in [0.717, 1.165) is 32.4 Å². The van der Waals surface area contributed by atoms with Crippen molar-refractivity contribution in [1.82, 2.24) is 15.4 Å². The van der Waals surface area contributed by atoms with Gasteiger partial charge in [-0.05, 0) is 51.1 Å². The smallest absolute Gasteiger partial charge is 0.223 e. The van der Waals surface area contributed by atoms with Crippen LogP contribution in [0, 0.1) is 11.3 Å². The van der Waals surface area contributed by atoms with Gasteiger partial charge in [0.2, 0.25) is 15.9 Å². The first-order valence-electron chi connectivity index (χ1n) is 7.45. The molecule has 1 atom stereocenters. The summed E-state index contributed by atoms with van der Waals surface area (Å²) >= 11 is 0. The van der Waals surface area contributed by atoms with Gasteiger partial charge in [0.25, 0.3) is 0 Å². The number of piperidine rings is 1. The molecule has 3 N–H and O–H groups in total. The second-order valence-corrected chi connectivity index (χ2v) is 7.91. The van der Waals surface area contributed by atoms with Crippen LogP contribution in [0.2, 0.25) is 0 Å². The summed E-state index contributed by atoms with van der Waals surface area (Å²) in [5.41, 5.74) is 0.263. The van der Waals surface area contributed by atoms with Crippen LogP contribution in [0.4, 0.5) is 0 Å². The molecule has 1 unspecified atom stereocenters. The van der Waals surface area contributed by atoms with E-state index in [-0.39, 0.29) is 23.0 Å². The van der Waals surface area contributed by atoms with Crippen LogP contribution in [0.15, 0.2) is 0 Å². The maximum atomic E-state index is 12.0. The van der Waals surface area contributed by atoms with E-state index < -0.39 is 10.0 Å². The van der Waals surface area contributed by atoms with Crippen LogP contribution in [-0.4, -0.2) is 46.3 Å². The fraction of sp³-hybridized carbons (Fsp3) is 0.923. The van der Waals surface area contributed by atoms with Crippen molar-refractivity contribution < 1.29 is 13.2 Å². The van der Waals surface area contributed by atoms with Gasteiger partial charge in [0, 0.05) is 19.0 Å². The summed E-state index contributed by atoms with van der Waals surface area (Å²) in [6, 6.07) is 0. The van der Waals surface area contributed by atoms with Crippen molar-refractivity contribution in [3.8, 4) is 0 Å². The van der Waals surface area contributed by atoms with Crippen molar-refractivity contribution >= 4 is 15.9 Å². The van der Waals surface area contributed by atoms with Gasteiger partial charge in [0.15, 0.2) is 0 Å². The molecule has 0 radical (unpaired) electrons. The average Bonchev–Trinajstić information content (AvgIpc) is 3.12. The van der Waals surface area contributed by atoms with Crippen LogP contribution < -0.4 is 15.4 Å². The second kappa shape index (κ2) is 6.41. The van der Waals surface area contributed by atoms with E-state index in [2.05, 4.69) is 15.4 Å². The number of hydrogen-bond acceptors (Lipinski definition) is 4. The Kier molecular flexibility index (Phi) is 5.04. The summed E-state index contributed by atoms with van der Waals surface area (Å²) in [5, 5.41) is 6.25. The fourth-order valence-electron chi connectivity index (χ4n) is 2.95. The van der Waals surface area contributed by atoms with Gasteiger partial charge >= 0.3 is 0 Å². The number of hydrogen-bond donors (Lipinski definition) is 3. The minimum atomic E-state index is -3.12. The van der Waals surface area contributed by atoms with Gasteiger partial charge in [0.05, 0.1) is 5.75 Å². The van der Waals surface area contributed by atoms with E-state index >= 15 is 0 Å². The van der Waals surface area contributed by atoms with E-state index in [0.29, 0.717) is 19.5 Å². The molecule has 1 amide bonds. The normalized spacial score (nSPS) is 24.6. The monoisotopic (exact) mass is 303 g/mol. The maximum Gasteiger partial charge on any atom is 0.223 e. The van der Waals surface area contributed by atoms with E-state index in [1.807, 2.05) is 0 Å². The molecule has 2 aliphatic rings. The van der Waals surface area contributed by atoms with E-state index in [4.69, 9.17) is 0 Å². The van der Waals surface area contributed by atoms with Crippen LogP contribution in [0.5, 0.6) is 0 Å². The van der Waals surface area contributed by atoms with E-state index in [1.54, 1.807) is 6.92 Å². The minimum Gasteiger partial charge on any atom is -0.356 e. The van der Waals surface area contributed by atoms with Crippen LogP contribution in [-0.2, 0) is 14.8 Å². The topological polar surface area (TPSA) is 87.3 Å². The third-order valence-corrected chi connectivity index (χ3v) is 5.86. The minimum absolute atomic E-state index is 0.0952. The molecule has 0 bridgehead atoms. The summed E-state index contributed by atoms with van der Waals surface area (Å²) < 4.78 is 24.9. The molecule has 116 valence electrons. The lowest BCUT2D eigenvalue weighted by Gasteiger charge is -2.23. The van der Waals surface area contributed by atoms with Gasteiger partial charge in [-0.2, -0.15) is 0 Å². The zero-order valence-corrected chi connectivity index (χ0v) is 12.9. The summed E-state index contributed by atoms with van der Waals surface area (Å²) in [5.74, 6) is 0.417. The van der Waals surface area contributed by atoms with Gasteiger partial charge in [-0.15, -0.1) is 0 Å². The van der Waals surface area contributed by atoms with Gasteiger partial charge in [0.1, 0.15) is 0 Å². The number of sulfonamides is 1. The van der Waals surface area contributed by atoms with Gasteiger partial charge in [-0.3, -0.25) is 4.79 Å². The Morgan fingerprint density at radius 2 is 2.00 bits per heavy atom. The molecule has 2 rings (SSSR count). The predicted octanol–water partition coefficient (Wildman–Crippen LogP) is -0.178. The van der Waals surface area contributed by atoms with Crippen LogP contribution in [0.1, 0.15) is 32.6 Å². The molecule has 1 spiro atoms. The lowest BCUT2D eigenvalue weighted by Crippen LogP contribution is -2.35. The third-order valence-electron chi connectivity index (χ3n) is 4.46. The van der Waals surface area contributed by atoms with Gasteiger partial charge in [-0.1, -0.05) is 0 Å². The van der Waals surface area contributed by atoms with Crippen molar-refractivity contribution in [3.63, 3.8) is 0 Å². The molecule has 1 aliphatic heterocycles. The second-order valence-electron chi connectivity index (χ2n) is 5.81. The fourth-order valence-corrected chi connectivity index (χ4v) is 3.61. The highest BCUT2D eigenvalue weighted by Gasteiger charge is 2.57. The first kappa shape index (κ1) is 15.7. The number of amides is 1. The van der Waals surface area contributed by atoms with Crippen LogP contribution in [0.25, 0.3) is 0 Å². The molecule has 0 aromatic rings. The van der Waals surface area contributed by atoms with Crippen molar-refractivity contribution in [2.24, 2.45) is 11.3 Å². The van der Waals surface area contributed by atoms with Crippen molar-refractivity contribution in [2.75, 3.05) is 31.9 Å². The Morgan fingerprint density at radius 3 is 2.65 bits per heavy atom. The predicted molar refractivity (Wildman–Crippen MR) is 77.7 cm³/mol. The molecule has 0 aromatic heterocycles. The largest absolute Gasteiger partial charge is 0.356 e. The maximum absolute atomic E-state index is 12.0. The highest BCUT2D eigenvalue weighted by molar-refractivity contribution is 7.89. The molecule has 20 heavy (non-hydrogen) atoms. The van der Waals surface area contributed by atoms with Crippen LogP contribution >= 0.6 is 0 Å². The van der Waals surface area contributed by atoms with Crippen molar-refractivity contribution in [2.45, 2.75) is 32.6 Å². The number of carbonyl (C=O) groups is 1. The Hall–Kier alpha value is -0.660. The number of rotatable bonds is 7. The van der Waals surface area contributed by atoms with Crippen LogP contribution in [0.3, 0.4) is 0 Å². The zero-order chi connectivity index (χ0) is 14.6.